The number of hydrogen-bond acceptors (Lipinski definition) is 3. The molecule has 0 atom stereocenters. The average Bonchev–Trinajstić information content (AvgIpc) is 2.99. The van der Waals surface area contributed by atoms with E-state index in [1.165, 1.54) is 0 Å². The van der Waals surface area contributed by atoms with Crippen LogP contribution in [0.2, 0.25) is 10.0 Å². The van der Waals surface area contributed by atoms with E-state index in [0.29, 0.717) is 16.0 Å². The Labute approximate surface area is 144 Å². The summed E-state index contributed by atoms with van der Waals surface area (Å²) in [6, 6.07) is 9.90. The molecule has 4 rings (SSSR count). The molecule has 118 valence electrons. The Hall–Kier alpha value is -1.78. The maximum Gasteiger partial charge on any atom is 0.147 e. The zero-order valence-corrected chi connectivity index (χ0v) is 14.0. The summed E-state index contributed by atoms with van der Waals surface area (Å²) in [4.78, 5) is 14.8. The van der Waals surface area contributed by atoms with Crippen LogP contribution in [0.15, 0.2) is 36.5 Å². The maximum absolute atomic E-state index is 6.26. The van der Waals surface area contributed by atoms with E-state index in [-0.39, 0.29) is 0 Å². The maximum atomic E-state index is 6.26. The van der Waals surface area contributed by atoms with E-state index in [1.54, 1.807) is 12.3 Å². The Morgan fingerprint density at radius 3 is 2.65 bits per heavy atom. The molecule has 1 aliphatic heterocycles. The van der Waals surface area contributed by atoms with Crippen molar-refractivity contribution in [1.29, 1.82) is 0 Å². The number of para-hydroxylation sites is 2. The highest BCUT2D eigenvalue weighted by Crippen LogP contribution is 2.32. The number of piperidine rings is 1. The van der Waals surface area contributed by atoms with E-state index in [1.807, 2.05) is 18.2 Å². The van der Waals surface area contributed by atoms with E-state index < -0.39 is 0 Å². The van der Waals surface area contributed by atoms with Gasteiger partial charge in [-0.1, -0.05) is 35.3 Å². The normalized spacial score (nSPS) is 16.2. The number of benzene rings is 1. The minimum Gasteiger partial charge on any atom is -0.355 e. The fourth-order valence-electron chi connectivity index (χ4n) is 3.17. The third-order valence-corrected chi connectivity index (χ3v) is 4.86. The molecule has 3 heterocycles. The number of imidazole rings is 1. The van der Waals surface area contributed by atoms with Crippen LogP contribution in [0.5, 0.6) is 0 Å². The van der Waals surface area contributed by atoms with Gasteiger partial charge in [0.25, 0.3) is 0 Å². The number of H-pyrrole nitrogens is 1. The molecule has 0 bridgehead atoms. The van der Waals surface area contributed by atoms with Crippen LogP contribution in [0.1, 0.15) is 24.6 Å². The van der Waals surface area contributed by atoms with E-state index in [4.69, 9.17) is 28.2 Å². The highest BCUT2D eigenvalue weighted by molar-refractivity contribution is 6.36. The Morgan fingerprint density at radius 2 is 1.91 bits per heavy atom. The van der Waals surface area contributed by atoms with Gasteiger partial charge >= 0.3 is 0 Å². The molecule has 2 aromatic heterocycles. The van der Waals surface area contributed by atoms with E-state index >= 15 is 0 Å². The Balaban J connectivity index is 1.50. The van der Waals surface area contributed by atoms with Gasteiger partial charge in [-0.3, -0.25) is 0 Å². The second kappa shape index (κ2) is 6.02. The van der Waals surface area contributed by atoms with Crippen molar-refractivity contribution in [1.82, 2.24) is 15.0 Å². The lowest BCUT2D eigenvalue weighted by Gasteiger charge is -2.32. The molecule has 0 unspecified atom stereocenters. The molecule has 3 aromatic rings. The van der Waals surface area contributed by atoms with Gasteiger partial charge in [0.15, 0.2) is 0 Å². The molecular weight excluding hydrogens is 331 g/mol. The molecule has 23 heavy (non-hydrogen) atoms. The van der Waals surface area contributed by atoms with Crippen LogP contribution in [-0.4, -0.2) is 28.0 Å². The predicted octanol–water partition coefficient (Wildman–Crippen LogP) is 4.65. The summed E-state index contributed by atoms with van der Waals surface area (Å²) in [5.41, 5.74) is 2.14. The molecule has 1 N–H and O–H groups in total. The van der Waals surface area contributed by atoms with Crippen molar-refractivity contribution in [3.8, 4) is 0 Å². The van der Waals surface area contributed by atoms with Crippen LogP contribution in [0.25, 0.3) is 11.0 Å². The number of nitrogens with one attached hydrogen (secondary N) is 1. The van der Waals surface area contributed by atoms with Crippen LogP contribution in [0.4, 0.5) is 5.82 Å². The first-order valence-electron chi connectivity index (χ1n) is 7.71. The molecule has 0 radical (unpaired) electrons. The molecule has 1 saturated heterocycles. The third-order valence-electron chi connectivity index (χ3n) is 4.38. The number of pyridine rings is 1. The fraction of sp³-hybridized carbons (Fsp3) is 0.294. The topological polar surface area (TPSA) is 44.8 Å². The molecule has 0 aliphatic carbocycles. The summed E-state index contributed by atoms with van der Waals surface area (Å²) >= 11 is 12.2. The average molecular weight is 347 g/mol. The quantitative estimate of drug-likeness (QED) is 0.734. The molecule has 1 fully saturated rings. The Morgan fingerprint density at radius 1 is 1.13 bits per heavy atom. The first-order valence-corrected chi connectivity index (χ1v) is 8.47. The number of halogens is 2. The van der Waals surface area contributed by atoms with Gasteiger partial charge in [-0.25, -0.2) is 9.97 Å². The zero-order valence-electron chi connectivity index (χ0n) is 12.5. The van der Waals surface area contributed by atoms with Crippen molar-refractivity contribution in [2.24, 2.45) is 0 Å². The monoisotopic (exact) mass is 346 g/mol. The number of aromatic amines is 1. The molecule has 6 heteroatoms. The minimum absolute atomic E-state index is 0.449. The molecule has 4 nitrogen and oxygen atoms in total. The van der Waals surface area contributed by atoms with Gasteiger partial charge in [0.2, 0.25) is 0 Å². The van der Waals surface area contributed by atoms with Crippen LogP contribution in [0, 0.1) is 0 Å². The van der Waals surface area contributed by atoms with Crippen LogP contribution >= 0.6 is 23.2 Å². The van der Waals surface area contributed by atoms with Gasteiger partial charge in [-0.05, 0) is 31.0 Å². The van der Waals surface area contributed by atoms with Crippen molar-refractivity contribution in [3.05, 3.63) is 52.4 Å². The molecule has 1 aromatic carbocycles. The van der Waals surface area contributed by atoms with Gasteiger partial charge in [0, 0.05) is 25.2 Å². The summed E-state index contributed by atoms with van der Waals surface area (Å²) in [5, 5.41) is 1.18. The SMILES string of the molecule is Clc1cnc(N2CCC(c3nc4ccccc4[nH]3)CC2)c(Cl)c1. The number of anilines is 1. The van der Waals surface area contributed by atoms with Crippen molar-refractivity contribution >= 4 is 40.1 Å². The smallest absolute Gasteiger partial charge is 0.147 e. The predicted molar refractivity (Wildman–Crippen MR) is 94.5 cm³/mol. The lowest BCUT2D eigenvalue weighted by atomic mass is 9.96. The Kier molecular flexibility index (Phi) is 3.87. The molecule has 1 aliphatic rings. The minimum atomic E-state index is 0.449. The van der Waals surface area contributed by atoms with Crippen molar-refractivity contribution in [2.45, 2.75) is 18.8 Å². The fourth-order valence-corrected chi connectivity index (χ4v) is 3.67. The number of nitrogens with zero attached hydrogens (tertiary/aromatic N) is 3. The summed E-state index contributed by atoms with van der Waals surface area (Å²) < 4.78 is 0. The molecule has 0 spiro atoms. The second-order valence-electron chi connectivity index (χ2n) is 5.86. The Bertz CT molecular complexity index is 804. The standard InChI is InChI=1S/C17H16Cl2N4/c18-12-9-13(19)17(20-10-12)23-7-5-11(6-8-23)16-21-14-3-1-2-4-15(14)22-16/h1-4,9-11H,5-8H2,(H,21,22). The van der Waals surface area contributed by atoms with E-state index in [2.05, 4.69) is 20.9 Å². The highest BCUT2D eigenvalue weighted by atomic mass is 35.5. The zero-order chi connectivity index (χ0) is 15.8. The van der Waals surface area contributed by atoms with Gasteiger partial charge in [0.05, 0.1) is 21.1 Å². The first kappa shape index (κ1) is 14.8. The number of fused-ring (bicyclic) bond motifs is 1. The molecular formula is C17H16Cl2N4. The van der Waals surface area contributed by atoms with Gasteiger partial charge in [0.1, 0.15) is 11.6 Å². The summed E-state index contributed by atoms with van der Waals surface area (Å²) in [5.74, 6) is 2.35. The van der Waals surface area contributed by atoms with Crippen molar-refractivity contribution < 1.29 is 0 Å². The van der Waals surface area contributed by atoms with Gasteiger partial charge < -0.3 is 9.88 Å². The summed E-state index contributed by atoms with van der Waals surface area (Å²) in [7, 11) is 0. The lowest BCUT2D eigenvalue weighted by Crippen LogP contribution is -2.34. The third kappa shape index (κ3) is 2.89. The lowest BCUT2D eigenvalue weighted by molar-refractivity contribution is 0.487. The van der Waals surface area contributed by atoms with Gasteiger partial charge in [-0.15, -0.1) is 0 Å². The van der Waals surface area contributed by atoms with E-state index in [9.17, 15) is 0 Å². The molecule has 0 saturated carbocycles. The largest absolute Gasteiger partial charge is 0.355 e. The highest BCUT2D eigenvalue weighted by Gasteiger charge is 2.24. The molecule has 0 amide bonds. The van der Waals surface area contributed by atoms with Crippen molar-refractivity contribution in [2.75, 3.05) is 18.0 Å². The summed E-state index contributed by atoms with van der Waals surface area (Å²) in [6.45, 7) is 1.83. The van der Waals surface area contributed by atoms with Crippen LogP contribution < -0.4 is 4.90 Å². The number of aromatic nitrogens is 3. The second-order valence-corrected chi connectivity index (χ2v) is 6.70. The van der Waals surface area contributed by atoms with Gasteiger partial charge in [-0.2, -0.15) is 0 Å². The number of rotatable bonds is 2. The summed E-state index contributed by atoms with van der Waals surface area (Å²) in [6.07, 6.45) is 3.70. The van der Waals surface area contributed by atoms with Crippen LogP contribution in [-0.2, 0) is 0 Å². The number of hydrogen-bond donors (Lipinski definition) is 1. The first-order chi connectivity index (χ1) is 11.2. The van der Waals surface area contributed by atoms with Crippen molar-refractivity contribution in [3.63, 3.8) is 0 Å². The van der Waals surface area contributed by atoms with Crippen LogP contribution in [0.3, 0.4) is 0 Å². The van der Waals surface area contributed by atoms with E-state index in [0.717, 1.165) is 48.6 Å².